The molecule has 0 unspecified atom stereocenters. The van der Waals surface area contributed by atoms with Crippen LogP contribution < -0.4 is 4.90 Å². The van der Waals surface area contributed by atoms with Crippen LogP contribution in [0.15, 0.2) is 53.0 Å². The number of nitriles is 1. The van der Waals surface area contributed by atoms with Gasteiger partial charge in [-0.05, 0) is 55.8 Å². The number of aryl methyl sites for hydroxylation is 1. The van der Waals surface area contributed by atoms with Gasteiger partial charge in [-0.1, -0.05) is 22.0 Å². The summed E-state index contributed by atoms with van der Waals surface area (Å²) in [6.07, 6.45) is 0.751. The Morgan fingerprint density at radius 2 is 1.92 bits per heavy atom. The van der Waals surface area contributed by atoms with E-state index in [2.05, 4.69) is 27.1 Å². The number of rotatable bonds is 2. The number of carbonyl (C=O) groups excluding carboxylic acids is 1. The van der Waals surface area contributed by atoms with E-state index in [0.29, 0.717) is 17.8 Å². The third-order valence-electron chi connectivity index (χ3n) is 4.58. The molecule has 0 aliphatic carbocycles. The number of hydrogen-bond donors (Lipinski definition) is 0. The quantitative estimate of drug-likeness (QED) is 0.645. The van der Waals surface area contributed by atoms with Gasteiger partial charge in [0.15, 0.2) is 0 Å². The van der Waals surface area contributed by atoms with E-state index in [0.717, 1.165) is 33.5 Å². The van der Waals surface area contributed by atoms with Crippen molar-refractivity contribution in [3.63, 3.8) is 0 Å². The summed E-state index contributed by atoms with van der Waals surface area (Å²) in [7, 11) is 0. The molecule has 0 bridgehead atoms. The SMILES string of the molecule is Cc1nn(-c2cccc(C#N)c2)c2c1CCN(c1ccc(Br)cc1)C2=O. The van der Waals surface area contributed by atoms with E-state index in [4.69, 9.17) is 5.26 Å². The lowest BCUT2D eigenvalue weighted by molar-refractivity contribution is 0.0973. The second-order valence-corrected chi connectivity index (χ2v) is 7.09. The van der Waals surface area contributed by atoms with Crippen LogP contribution in [0.4, 0.5) is 5.69 Å². The Kier molecular flexibility index (Phi) is 4.09. The van der Waals surface area contributed by atoms with Gasteiger partial charge in [0, 0.05) is 22.3 Å². The van der Waals surface area contributed by atoms with Crippen LogP contribution in [0.1, 0.15) is 27.3 Å². The van der Waals surface area contributed by atoms with Crippen LogP contribution in [0.25, 0.3) is 5.69 Å². The van der Waals surface area contributed by atoms with Gasteiger partial charge >= 0.3 is 0 Å². The second kappa shape index (κ2) is 6.43. The fourth-order valence-electron chi connectivity index (χ4n) is 3.29. The van der Waals surface area contributed by atoms with E-state index >= 15 is 0 Å². The van der Waals surface area contributed by atoms with Gasteiger partial charge in [-0.25, -0.2) is 4.68 Å². The number of aromatic nitrogens is 2. The molecule has 1 aliphatic heterocycles. The van der Waals surface area contributed by atoms with Crippen LogP contribution in [0.2, 0.25) is 0 Å². The summed E-state index contributed by atoms with van der Waals surface area (Å²) in [6, 6.07) is 17.0. The van der Waals surface area contributed by atoms with Crippen molar-refractivity contribution >= 4 is 27.5 Å². The molecule has 1 aliphatic rings. The summed E-state index contributed by atoms with van der Waals surface area (Å²) in [5, 5.41) is 13.7. The van der Waals surface area contributed by atoms with Gasteiger partial charge in [-0.2, -0.15) is 10.4 Å². The van der Waals surface area contributed by atoms with Crippen molar-refractivity contribution in [1.29, 1.82) is 5.26 Å². The number of amides is 1. The minimum Gasteiger partial charge on any atom is -0.307 e. The van der Waals surface area contributed by atoms with Gasteiger partial charge in [0.2, 0.25) is 0 Å². The number of hydrogen-bond acceptors (Lipinski definition) is 3. The summed E-state index contributed by atoms with van der Waals surface area (Å²) >= 11 is 3.43. The second-order valence-electron chi connectivity index (χ2n) is 6.17. The summed E-state index contributed by atoms with van der Waals surface area (Å²) in [5.74, 6) is -0.0727. The number of fused-ring (bicyclic) bond motifs is 1. The maximum atomic E-state index is 13.3. The van der Waals surface area contributed by atoms with Crippen LogP contribution in [-0.4, -0.2) is 22.2 Å². The molecule has 0 radical (unpaired) electrons. The van der Waals surface area contributed by atoms with Crippen molar-refractivity contribution in [2.45, 2.75) is 13.3 Å². The molecule has 128 valence electrons. The van der Waals surface area contributed by atoms with Crippen molar-refractivity contribution in [3.05, 3.63) is 75.5 Å². The molecule has 2 heterocycles. The molecule has 26 heavy (non-hydrogen) atoms. The van der Waals surface area contributed by atoms with E-state index in [1.54, 1.807) is 27.8 Å². The Hall–Kier alpha value is -2.91. The van der Waals surface area contributed by atoms with Crippen LogP contribution in [0.3, 0.4) is 0 Å². The van der Waals surface area contributed by atoms with Crippen molar-refractivity contribution < 1.29 is 4.79 Å². The predicted molar refractivity (Wildman–Crippen MR) is 103 cm³/mol. The standard InChI is InChI=1S/C20H15BrN4O/c1-13-18-9-10-24(16-7-5-15(21)6-8-16)20(26)19(18)25(23-13)17-4-2-3-14(11-17)12-22/h2-8,11H,9-10H2,1H3. The molecule has 2 aromatic carbocycles. The number of carbonyl (C=O) groups is 1. The number of anilines is 1. The molecule has 5 nitrogen and oxygen atoms in total. The van der Waals surface area contributed by atoms with Crippen LogP contribution in [0, 0.1) is 18.3 Å². The van der Waals surface area contributed by atoms with Crippen LogP contribution in [-0.2, 0) is 6.42 Å². The van der Waals surface area contributed by atoms with E-state index in [1.807, 2.05) is 37.3 Å². The average Bonchev–Trinajstić information content (AvgIpc) is 3.01. The normalized spacial score (nSPS) is 13.4. The third kappa shape index (κ3) is 2.71. The fourth-order valence-corrected chi connectivity index (χ4v) is 3.56. The third-order valence-corrected chi connectivity index (χ3v) is 5.10. The lowest BCUT2D eigenvalue weighted by atomic mass is 10.0. The van der Waals surface area contributed by atoms with E-state index < -0.39 is 0 Å². The molecule has 1 aromatic heterocycles. The summed E-state index contributed by atoms with van der Waals surface area (Å²) in [6.45, 7) is 2.55. The van der Waals surface area contributed by atoms with Gasteiger partial charge in [-0.3, -0.25) is 4.79 Å². The average molecular weight is 407 g/mol. The molecular formula is C20H15BrN4O. The minimum atomic E-state index is -0.0727. The Morgan fingerprint density at radius 3 is 2.65 bits per heavy atom. The summed E-state index contributed by atoms with van der Waals surface area (Å²) in [5.41, 5.74) is 4.53. The lowest BCUT2D eigenvalue weighted by Crippen LogP contribution is -2.38. The molecule has 4 rings (SSSR count). The first-order valence-electron chi connectivity index (χ1n) is 8.25. The Labute approximate surface area is 159 Å². The Morgan fingerprint density at radius 1 is 1.15 bits per heavy atom. The maximum Gasteiger partial charge on any atom is 0.277 e. The van der Waals surface area contributed by atoms with Gasteiger partial charge in [-0.15, -0.1) is 0 Å². The molecule has 1 amide bonds. The van der Waals surface area contributed by atoms with Crippen molar-refractivity contribution in [2.75, 3.05) is 11.4 Å². The number of benzene rings is 2. The predicted octanol–water partition coefficient (Wildman–Crippen LogP) is 4.02. The van der Waals surface area contributed by atoms with E-state index in [9.17, 15) is 4.79 Å². The summed E-state index contributed by atoms with van der Waals surface area (Å²) < 4.78 is 2.64. The zero-order valence-corrected chi connectivity index (χ0v) is 15.7. The first kappa shape index (κ1) is 16.6. The fraction of sp³-hybridized carbons (Fsp3) is 0.150. The smallest absolute Gasteiger partial charge is 0.277 e. The minimum absolute atomic E-state index is 0.0727. The van der Waals surface area contributed by atoms with Crippen molar-refractivity contribution in [2.24, 2.45) is 0 Å². The van der Waals surface area contributed by atoms with E-state index in [-0.39, 0.29) is 5.91 Å². The van der Waals surface area contributed by atoms with Gasteiger partial charge in [0.25, 0.3) is 5.91 Å². The Bertz CT molecular complexity index is 1050. The van der Waals surface area contributed by atoms with E-state index in [1.165, 1.54) is 0 Å². The van der Waals surface area contributed by atoms with Crippen LogP contribution in [0.5, 0.6) is 0 Å². The molecule has 0 saturated heterocycles. The summed E-state index contributed by atoms with van der Waals surface area (Å²) in [4.78, 5) is 15.0. The molecule has 6 heteroatoms. The monoisotopic (exact) mass is 406 g/mol. The van der Waals surface area contributed by atoms with Gasteiger partial charge in [0.05, 0.1) is 23.0 Å². The highest BCUT2D eigenvalue weighted by molar-refractivity contribution is 9.10. The molecule has 3 aromatic rings. The number of halogens is 1. The Balaban J connectivity index is 1.81. The first-order chi connectivity index (χ1) is 12.6. The van der Waals surface area contributed by atoms with Crippen molar-refractivity contribution in [1.82, 2.24) is 9.78 Å². The van der Waals surface area contributed by atoms with Crippen LogP contribution >= 0.6 is 15.9 Å². The first-order valence-corrected chi connectivity index (χ1v) is 9.04. The molecule has 0 saturated carbocycles. The lowest BCUT2D eigenvalue weighted by Gasteiger charge is -2.27. The zero-order valence-electron chi connectivity index (χ0n) is 14.1. The van der Waals surface area contributed by atoms with Gasteiger partial charge in [0.1, 0.15) is 5.69 Å². The highest BCUT2D eigenvalue weighted by atomic mass is 79.9. The molecule has 0 N–H and O–H groups in total. The molecular weight excluding hydrogens is 392 g/mol. The maximum absolute atomic E-state index is 13.3. The highest BCUT2D eigenvalue weighted by Gasteiger charge is 2.32. The largest absolute Gasteiger partial charge is 0.307 e. The molecule has 0 atom stereocenters. The molecule has 0 spiro atoms. The van der Waals surface area contributed by atoms with Gasteiger partial charge < -0.3 is 4.90 Å². The highest BCUT2D eigenvalue weighted by Crippen LogP contribution is 2.29. The topological polar surface area (TPSA) is 61.9 Å². The number of nitrogens with zero attached hydrogens (tertiary/aromatic N) is 4. The van der Waals surface area contributed by atoms with Crippen molar-refractivity contribution in [3.8, 4) is 11.8 Å². The molecule has 0 fully saturated rings. The zero-order chi connectivity index (χ0) is 18.3.